The Morgan fingerprint density at radius 3 is 2.45 bits per heavy atom. The van der Waals surface area contributed by atoms with Gasteiger partial charge in [0.2, 0.25) is 0 Å². The largest absolute Gasteiger partial charge is 0.481 e. The van der Waals surface area contributed by atoms with Gasteiger partial charge in [-0.05, 0) is 97.7 Å². The minimum Gasteiger partial charge on any atom is -0.481 e. The minimum absolute atomic E-state index is 0.0957. The molecule has 0 aliphatic heterocycles. The molecule has 29 heavy (non-hydrogen) atoms. The summed E-state index contributed by atoms with van der Waals surface area (Å²) in [5.74, 6) is 0.997. The van der Waals surface area contributed by atoms with E-state index in [1.165, 1.54) is 0 Å². The Morgan fingerprint density at radius 2 is 1.76 bits per heavy atom. The van der Waals surface area contributed by atoms with Crippen LogP contribution >= 0.6 is 0 Å². The first-order valence-corrected chi connectivity index (χ1v) is 11.8. The topological polar surface area (TPSA) is 98.0 Å². The van der Waals surface area contributed by atoms with Crippen LogP contribution in [0.1, 0.15) is 78.6 Å². The monoisotopic (exact) mass is 408 g/mol. The maximum Gasteiger partial charge on any atom is 0.303 e. The Labute approximate surface area is 174 Å². The summed E-state index contributed by atoms with van der Waals surface area (Å²) in [6, 6.07) is 0. The van der Waals surface area contributed by atoms with Gasteiger partial charge in [0.05, 0.1) is 18.3 Å². The summed E-state index contributed by atoms with van der Waals surface area (Å²) in [6.07, 6.45) is 6.00. The van der Waals surface area contributed by atoms with Crippen LogP contribution in [0.2, 0.25) is 0 Å². The van der Waals surface area contributed by atoms with Gasteiger partial charge in [0.1, 0.15) is 0 Å². The van der Waals surface area contributed by atoms with Crippen LogP contribution in [0, 0.1) is 46.3 Å². The number of hydrogen-bond donors (Lipinski definition) is 4. The molecule has 166 valence electrons. The van der Waals surface area contributed by atoms with Crippen LogP contribution in [0.3, 0.4) is 0 Å². The van der Waals surface area contributed by atoms with Crippen molar-refractivity contribution in [2.24, 2.45) is 46.3 Å². The minimum atomic E-state index is -0.748. The van der Waals surface area contributed by atoms with Crippen molar-refractivity contribution in [3.8, 4) is 0 Å². The molecule has 0 aromatic rings. The molecule has 0 saturated heterocycles. The molecule has 4 N–H and O–H groups in total. The predicted molar refractivity (Wildman–Crippen MR) is 110 cm³/mol. The maximum atomic E-state index is 11.5. The molecule has 5 heteroatoms. The van der Waals surface area contributed by atoms with Crippen molar-refractivity contribution >= 4 is 5.97 Å². The molecule has 4 rings (SSSR count). The van der Waals surface area contributed by atoms with Crippen molar-refractivity contribution in [1.82, 2.24) is 0 Å². The fourth-order valence-electron chi connectivity index (χ4n) is 8.68. The van der Waals surface area contributed by atoms with E-state index < -0.39 is 12.1 Å². The van der Waals surface area contributed by atoms with E-state index in [4.69, 9.17) is 5.11 Å². The van der Waals surface area contributed by atoms with Crippen molar-refractivity contribution in [3.05, 3.63) is 0 Å². The fourth-order valence-corrected chi connectivity index (χ4v) is 8.68. The van der Waals surface area contributed by atoms with E-state index >= 15 is 0 Å². The van der Waals surface area contributed by atoms with Crippen molar-refractivity contribution < 1.29 is 25.2 Å². The smallest absolute Gasteiger partial charge is 0.303 e. The zero-order valence-corrected chi connectivity index (χ0v) is 18.3. The lowest BCUT2D eigenvalue weighted by atomic mass is 9.43. The van der Waals surface area contributed by atoms with Crippen molar-refractivity contribution in [2.45, 2.75) is 96.9 Å². The Hall–Kier alpha value is -0.650. The first-order chi connectivity index (χ1) is 13.6. The average Bonchev–Trinajstić information content (AvgIpc) is 3.01. The zero-order chi connectivity index (χ0) is 21.1. The highest BCUT2D eigenvalue weighted by molar-refractivity contribution is 5.66. The van der Waals surface area contributed by atoms with Crippen LogP contribution in [-0.2, 0) is 4.79 Å². The molecule has 0 amide bonds. The number of hydrogen-bond acceptors (Lipinski definition) is 4. The van der Waals surface area contributed by atoms with Crippen LogP contribution in [0.15, 0.2) is 0 Å². The number of aliphatic hydroxyl groups is 3. The summed E-state index contributed by atoms with van der Waals surface area (Å²) < 4.78 is 0. The molecule has 4 saturated carbocycles. The molecule has 11 atom stereocenters. The number of carbonyl (C=O) groups is 1. The zero-order valence-electron chi connectivity index (χ0n) is 18.3. The van der Waals surface area contributed by atoms with Crippen molar-refractivity contribution in [1.29, 1.82) is 0 Å². The van der Waals surface area contributed by atoms with Crippen LogP contribution in [0.4, 0.5) is 0 Å². The SMILES string of the molecule is C[C@H](CCC(=O)O)[C@H]1CCC2C3[C@H](O)CC4C[C@H](O)CCC4(C)[C@H]3C[C@H](O)[C@@]21C. The number of carboxylic acid groups (broad SMARTS) is 1. The van der Waals surface area contributed by atoms with Gasteiger partial charge < -0.3 is 20.4 Å². The summed E-state index contributed by atoms with van der Waals surface area (Å²) in [6.45, 7) is 6.72. The Bertz CT molecular complexity index is 637. The Morgan fingerprint density at radius 1 is 1.03 bits per heavy atom. The first kappa shape index (κ1) is 21.6. The second-order valence-corrected chi connectivity index (χ2v) is 11.4. The molecule has 0 aromatic carbocycles. The van der Waals surface area contributed by atoms with Gasteiger partial charge in [-0.25, -0.2) is 0 Å². The number of fused-ring (bicyclic) bond motifs is 5. The van der Waals surface area contributed by atoms with E-state index in [0.29, 0.717) is 30.1 Å². The molecule has 0 bridgehead atoms. The van der Waals surface area contributed by atoms with E-state index in [1.54, 1.807) is 0 Å². The van der Waals surface area contributed by atoms with Gasteiger partial charge >= 0.3 is 5.97 Å². The molecule has 0 aromatic heterocycles. The van der Waals surface area contributed by atoms with E-state index in [2.05, 4.69) is 20.8 Å². The highest BCUT2D eigenvalue weighted by Gasteiger charge is 2.65. The van der Waals surface area contributed by atoms with E-state index in [9.17, 15) is 20.1 Å². The maximum absolute atomic E-state index is 11.5. The molecule has 4 unspecified atom stereocenters. The molecule has 0 spiro atoms. The standard InChI is InChI=1S/C24H40O5/c1-13(4-7-21(28)29)16-5-6-17-22-18(12-20(27)24(16,17)3)23(2)9-8-15(25)10-14(23)11-19(22)26/h13-20,22,25-27H,4-12H2,1-3H3,(H,28,29)/t13-,14?,15-,16-,17?,18+,19-,20+,22?,23?,24-/m1/s1. The summed E-state index contributed by atoms with van der Waals surface area (Å²) in [5, 5.41) is 42.0. The highest BCUT2D eigenvalue weighted by atomic mass is 16.4. The molecule has 4 fully saturated rings. The highest BCUT2D eigenvalue weighted by Crippen LogP contribution is 2.68. The molecule has 4 aliphatic carbocycles. The van der Waals surface area contributed by atoms with Crippen LogP contribution in [-0.4, -0.2) is 44.7 Å². The first-order valence-electron chi connectivity index (χ1n) is 11.8. The molecule has 4 aliphatic rings. The quantitative estimate of drug-likeness (QED) is 0.571. The number of aliphatic carboxylic acids is 1. The van der Waals surface area contributed by atoms with Crippen molar-refractivity contribution in [3.63, 3.8) is 0 Å². The van der Waals surface area contributed by atoms with Gasteiger partial charge in [-0.1, -0.05) is 20.8 Å². The third-order valence-corrected chi connectivity index (χ3v) is 10.3. The van der Waals surface area contributed by atoms with Gasteiger partial charge in [-0.2, -0.15) is 0 Å². The summed E-state index contributed by atoms with van der Waals surface area (Å²) in [5.41, 5.74) is -0.143. The van der Waals surface area contributed by atoms with Crippen molar-refractivity contribution in [2.75, 3.05) is 0 Å². The second kappa shape index (κ2) is 7.49. The predicted octanol–water partition coefficient (Wildman–Crippen LogP) is 3.45. The lowest BCUT2D eigenvalue weighted by molar-refractivity contribution is -0.207. The second-order valence-electron chi connectivity index (χ2n) is 11.4. The summed E-state index contributed by atoms with van der Waals surface area (Å²) >= 11 is 0. The molecular weight excluding hydrogens is 368 g/mol. The van der Waals surface area contributed by atoms with Crippen LogP contribution < -0.4 is 0 Å². The van der Waals surface area contributed by atoms with E-state index in [-0.39, 0.29) is 41.3 Å². The van der Waals surface area contributed by atoms with Gasteiger partial charge in [0.25, 0.3) is 0 Å². The van der Waals surface area contributed by atoms with Gasteiger partial charge in [-0.15, -0.1) is 0 Å². The van der Waals surface area contributed by atoms with Crippen LogP contribution in [0.25, 0.3) is 0 Å². The average molecular weight is 409 g/mol. The lowest BCUT2D eigenvalue weighted by Crippen LogP contribution is -2.62. The molecule has 0 radical (unpaired) electrons. The Balaban J connectivity index is 1.61. The third kappa shape index (κ3) is 3.27. The van der Waals surface area contributed by atoms with E-state index in [1.807, 2.05) is 0 Å². The molecule has 0 heterocycles. The molecule has 5 nitrogen and oxygen atoms in total. The van der Waals surface area contributed by atoms with Gasteiger partial charge in [0, 0.05) is 6.42 Å². The van der Waals surface area contributed by atoms with E-state index in [0.717, 1.165) is 44.9 Å². The third-order valence-electron chi connectivity index (χ3n) is 10.3. The van der Waals surface area contributed by atoms with Gasteiger partial charge in [-0.3, -0.25) is 4.79 Å². The number of carboxylic acids is 1. The fraction of sp³-hybridized carbons (Fsp3) is 0.958. The van der Waals surface area contributed by atoms with Crippen LogP contribution in [0.5, 0.6) is 0 Å². The van der Waals surface area contributed by atoms with Gasteiger partial charge in [0.15, 0.2) is 0 Å². The summed E-state index contributed by atoms with van der Waals surface area (Å²) in [7, 11) is 0. The normalized spacial score (nSPS) is 52.9. The summed E-state index contributed by atoms with van der Waals surface area (Å²) in [4.78, 5) is 11.1. The number of aliphatic hydroxyl groups excluding tert-OH is 3. The number of rotatable bonds is 4. The lowest BCUT2D eigenvalue weighted by Gasteiger charge is -2.63. The molecular formula is C24H40O5. The Kier molecular flexibility index (Phi) is 5.57.